The van der Waals surface area contributed by atoms with Crippen LogP contribution in [0.5, 0.6) is 0 Å². The van der Waals surface area contributed by atoms with Crippen LogP contribution in [0.1, 0.15) is 31.7 Å². The molecule has 0 bridgehead atoms. The van der Waals surface area contributed by atoms with Crippen LogP contribution in [0.15, 0.2) is 48.5 Å². The molecule has 0 aliphatic rings. The summed E-state index contributed by atoms with van der Waals surface area (Å²) in [5, 5.41) is 0. The molecule has 0 fully saturated rings. The summed E-state index contributed by atoms with van der Waals surface area (Å²) in [6, 6.07) is 15.3. The van der Waals surface area contributed by atoms with Crippen molar-refractivity contribution < 1.29 is 4.39 Å². The van der Waals surface area contributed by atoms with Gasteiger partial charge < -0.3 is 0 Å². The number of rotatable bonds is 3. The summed E-state index contributed by atoms with van der Waals surface area (Å²) in [6.45, 7) is 4.16. The molecule has 0 spiro atoms. The van der Waals surface area contributed by atoms with Crippen molar-refractivity contribution in [2.24, 2.45) is 0 Å². The molecule has 0 amide bonds. The number of benzene rings is 2. The van der Waals surface area contributed by atoms with Gasteiger partial charge in [0.25, 0.3) is 0 Å². The Balaban J connectivity index is 2.58. The Bertz CT molecular complexity index is 488. The normalized spacial score (nSPS) is 12.4. The van der Waals surface area contributed by atoms with Gasteiger partial charge in [0.1, 0.15) is 5.82 Å². The fraction of sp³-hybridized carbons (Fsp3) is 0.250. The number of halogens is 1. The molecular weight excluding hydrogens is 211 g/mol. The van der Waals surface area contributed by atoms with E-state index < -0.39 is 0 Å². The van der Waals surface area contributed by atoms with Crippen LogP contribution in [-0.4, -0.2) is 0 Å². The van der Waals surface area contributed by atoms with Crippen LogP contribution >= 0.6 is 0 Å². The van der Waals surface area contributed by atoms with Crippen LogP contribution in [0, 0.1) is 5.82 Å². The van der Waals surface area contributed by atoms with Crippen molar-refractivity contribution in [3.05, 3.63) is 59.9 Å². The second-order valence-corrected chi connectivity index (χ2v) is 4.38. The summed E-state index contributed by atoms with van der Waals surface area (Å²) in [5.41, 5.74) is 2.93. The topological polar surface area (TPSA) is 0 Å². The Labute approximate surface area is 102 Å². The number of hydrogen-bond donors (Lipinski definition) is 0. The van der Waals surface area contributed by atoms with E-state index in [0.29, 0.717) is 0 Å². The van der Waals surface area contributed by atoms with Crippen LogP contribution < -0.4 is 0 Å². The van der Waals surface area contributed by atoms with Crippen LogP contribution in [0.4, 0.5) is 4.39 Å². The third-order valence-corrected chi connectivity index (χ3v) is 3.24. The molecule has 2 aromatic rings. The lowest BCUT2D eigenvalue weighted by Crippen LogP contribution is -1.99. The van der Waals surface area contributed by atoms with Crippen molar-refractivity contribution in [3.8, 4) is 11.1 Å². The molecule has 2 rings (SSSR count). The molecule has 0 aliphatic heterocycles. The molecule has 0 aromatic heterocycles. The molecular formula is C16H17F. The van der Waals surface area contributed by atoms with E-state index in [1.54, 1.807) is 12.1 Å². The standard InChI is InChI=1S/C16H17F/c1-3-12(2)16-14(10-7-11-15(16)17)13-8-5-4-6-9-13/h4-12H,3H2,1-2H3. The first kappa shape index (κ1) is 11.8. The van der Waals surface area contributed by atoms with Crippen molar-refractivity contribution in [3.63, 3.8) is 0 Å². The van der Waals surface area contributed by atoms with Gasteiger partial charge in [0, 0.05) is 0 Å². The highest BCUT2D eigenvalue weighted by Gasteiger charge is 2.14. The highest BCUT2D eigenvalue weighted by atomic mass is 19.1. The van der Waals surface area contributed by atoms with Crippen LogP contribution in [0.2, 0.25) is 0 Å². The Morgan fingerprint density at radius 2 is 1.71 bits per heavy atom. The maximum absolute atomic E-state index is 14.0. The van der Waals surface area contributed by atoms with Gasteiger partial charge in [-0.3, -0.25) is 0 Å². The molecule has 0 N–H and O–H groups in total. The molecule has 88 valence electrons. The van der Waals surface area contributed by atoms with Gasteiger partial charge in [-0.25, -0.2) is 4.39 Å². The van der Waals surface area contributed by atoms with Gasteiger partial charge in [-0.15, -0.1) is 0 Å². The Kier molecular flexibility index (Phi) is 3.58. The second kappa shape index (κ2) is 5.13. The molecule has 0 aliphatic carbocycles. The predicted molar refractivity (Wildman–Crippen MR) is 70.5 cm³/mol. The minimum absolute atomic E-state index is 0.0966. The van der Waals surface area contributed by atoms with Crippen molar-refractivity contribution in [1.29, 1.82) is 0 Å². The largest absolute Gasteiger partial charge is 0.207 e. The summed E-state index contributed by atoms with van der Waals surface area (Å²) >= 11 is 0. The molecule has 0 heterocycles. The molecule has 1 heteroatoms. The zero-order valence-electron chi connectivity index (χ0n) is 10.3. The SMILES string of the molecule is CCC(C)c1c(F)cccc1-c1ccccc1. The zero-order chi connectivity index (χ0) is 12.3. The average Bonchev–Trinajstić information content (AvgIpc) is 2.38. The fourth-order valence-corrected chi connectivity index (χ4v) is 2.11. The summed E-state index contributed by atoms with van der Waals surface area (Å²) in [5.74, 6) is 0.145. The molecule has 1 atom stereocenters. The Hall–Kier alpha value is -1.63. The van der Waals surface area contributed by atoms with E-state index in [0.717, 1.165) is 23.1 Å². The summed E-state index contributed by atoms with van der Waals surface area (Å²) in [4.78, 5) is 0. The first-order valence-corrected chi connectivity index (χ1v) is 6.08. The Morgan fingerprint density at radius 1 is 1.00 bits per heavy atom. The van der Waals surface area contributed by atoms with Gasteiger partial charge >= 0.3 is 0 Å². The maximum atomic E-state index is 14.0. The minimum Gasteiger partial charge on any atom is -0.207 e. The van der Waals surface area contributed by atoms with E-state index in [-0.39, 0.29) is 11.7 Å². The monoisotopic (exact) mass is 228 g/mol. The molecule has 0 saturated carbocycles. The van der Waals surface area contributed by atoms with E-state index in [2.05, 4.69) is 13.8 Å². The predicted octanol–water partition coefficient (Wildman–Crippen LogP) is 5.01. The smallest absolute Gasteiger partial charge is 0.127 e. The lowest BCUT2D eigenvalue weighted by molar-refractivity contribution is 0.585. The fourth-order valence-electron chi connectivity index (χ4n) is 2.11. The number of hydrogen-bond acceptors (Lipinski definition) is 0. The third-order valence-electron chi connectivity index (χ3n) is 3.24. The highest BCUT2D eigenvalue weighted by molar-refractivity contribution is 5.68. The van der Waals surface area contributed by atoms with E-state index in [1.807, 2.05) is 36.4 Å². The zero-order valence-corrected chi connectivity index (χ0v) is 10.3. The quantitative estimate of drug-likeness (QED) is 0.693. The first-order chi connectivity index (χ1) is 8.24. The summed E-state index contributed by atoms with van der Waals surface area (Å²) in [7, 11) is 0. The first-order valence-electron chi connectivity index (χ1n) is 6.08. The van der Waals surface area contributed by atoms with E-state index in [9.17, 15) is 4.39 Å². The van der Waals surface area contributed by atoms with E-state index >= 15 is 0 Å². The molecule has 1 unspecified atom stereocenters. The van der Waals surface area contributed by atoms with Crippen molar-refractivity contribution >= 4 is 0 Å². The molecule has 17 heavy (non-hydrogen) atoms. The van der Waals surface area contributed by atoms with E-state index in [4.69, 9.17) is 0 Å². The van der Waals surface area contributed by atoms with Crippen LogP contribution in [-0.2, 0) is 0 Å². The van der Waals surface area contributed by atoms with Crippen LogP contribution in [0.3, 0.4) is 0 Å². The van der Waals surface area contributed by atoms with Crippen molar-refractivity contribution in [1.82, 2.24) is 0 Å². The summed E-state index contributed by atoms with van der Waals surface area (Å²) < 4.78 is 14.0. The van der Waals surface area contributed by atoms with Crippen molar-refractivity contribution in [2.75, 3.05) is 0 Å². The highest BCUT2D eigenvalue weighted by Crippen LogP contribution is 2.32. The van der Waals surface area contributed by atoms with Gasteiger partial charge in [0.15, 0.2) is 0 Å². The van der Waals surface area contributed by atoms with Gasteiger partial charge in [0.2, 0.25) is 0 Å². The minimum atomic E-state index is -0.0966. The maximum Gasteiger partial charge on any atom is 0.127 e. The lowest BCUT2D eigenvalue weighted by atomic mass is 9.90. The molecule has 2 aromatic carbocycles. The van der Waals surface area contributed by atoms with Crippen molar-refractivity contribution in [2.45, 2.75) is 26.2 Å². The second-order valence-electron chi connectivity index (χ2n) is 4.38. The average molecular weight is 228 g/mol. The van der Waals surface area contributed by atoms with Gasteiger partial charge in [-0.1, -0.05) is 56.3 Å². The molecule has 0 nitrogen and oxygen atoms in total. The van der Waals surface area contributed by atoms with Gasteiger partial charge in [-0.05, 0) is 35.1 Å². The third kappa shape index (κ3) is 2.38. The van der Waals surface area contributed by atoms with E-state index in [1.165, 1.54) is 0 Å². The van der Waals surface area contributed by atoms with Crippen LogP contribution in [0.25, 0.3) is 11.1 Å². The molecule has 0 radical (unpaired) electrons. The van der Waals surface area contributed by atoms with Gasteiger partial charge in [0.05, 0.1) is 0 Å². The summed E-state index contributed by atoms with van der Waals surface area (Å²) in [6.07, 6.45) is 0.945. The molecule has 0 saturated heterocycles. The Morgan fingerprint density at radius 3 is 2.35 bits per heavy atom. The lowest BCUT2D eigenvalue weighted by Gasteiger charge is -2.16. The van der Waals surface area contributed by atoms with Gasteiger partial charge in [-0.2, -0.15) is 0 Å².